The average molecular weight is 363 g/mol. The second-order valence-corrected chi connectivity index (χ2v) is 5.94. The maximum absolute atomic E-state index is 5.82. The molecule has 0 aliphatic rings. The summed E-state index contributed by atoms with van der Waals surface area (Å²) in [6.07, 6.45) is 0. The molecule has 3 aromatic rings. The summed E-state index contributed by atoms with van der Waals surface area (Å²) in [5, 5.41) is 3.42. The first-order chi connectivity index (χ1) is 13.3. The largest absolute Gasteiger partial charge is 0.490 e. The lowest BCUT2D eigenvalue weighted by atomic mass is 10.2. The molecule has 0 heterocycles. The molecule has 0 atom stereocenters. The monoisotopic (exact) mass is 363 g/mol. The third-order valence-electron chi connectivity index (χ3n) is 3.94. The molecule has 4 heteroatoms. The van der Waals surface area contributed by atoms with Crippen molar-refractivity contribution in [3.05, 3.63) is 78.4 Å². The molecule has 0 bridgehead atoms. The number of hydrogen-bond donors (Lipinski definition) is 1. The van der Waals surface area contributed by atoms with Crippen molar-refractivity contribution in [1.29, 1.82) is 0 Å². The van der Waals surface area contributed by atoms with Crippen LogP contribution in [0.5, 0.6) is 23.0 Å². The van der Waals surface area contributed by atoms with Crippen LogP contribution in [0.4, 0.5) is 5.69 Å². The predicted octanol–water partition coefficient (Wildman–Crippen LogP) is 5.89. The maximum Gasteiger partial charge on any atom is 0.161 e. The van der Waals surface area contributed by atoms with Gasteiger partial charge >= 0.3 is 0 Å². The number of hydrogen-bond acceptors (Lipinski definition) is 4. The van der Waals surface area contributed by atoms with Gasteiger partial charge in [-0.1, -0.05) is 24.3 Å². The third-order valence-corrected chi connectivity index (χ3v) is 3.94. The van der Waals surface area contributed by atoms with Crippen LogP contribution in [0.1, 0.15) is 19.4 Å². The molecule has 0 fully saturated rings. The molecule has 0 saturated heterocycles. The highest BCUT2D eigenvalue weighted by Gasteiger charge is 2.06. The van der Waals surface area contributed by atoms with E-state index in [2.05, 4.69) is 5.32 Å². The highest BCUT2D eigenvalue weighted by atomic mass is 16.5. The number of anilines is 1. The summed E-state index contributed by atoms with van der Waals surface area (Å²) in [6.45, 7) is 5.87. The normalized spacial score (nSPS) is 10.3. The Morgan fingerprint density at radius 3 is 2.07 bits per heavy atom. The van der Waals surface area contributed by atoms with Gasteiger partial charge in [0.2, 0.25) is 0 Å². The highest BCUT2D eigenvalue weighted by molar-refractivity contribution is 5.49. The molecule has 1 N–H and O–H groups in total. The molecule has 0 radical (unpaired) electrons. The molecule has 0 aliphatic heterocycles. The van der Waals surface area contributed by atoms with Gasteiger partial charge in [0, 0.05) is 12.2 Å². The lowest BCUT2D eigenvalue weighted by molar-refractivity contribution is 0.287. The van der Waals surface area contributed by atoms with E-state index in [-0.39, 0.29) is 0 Å². The van der Waals surface area contributed by atoms with E-state index in [0.717, 1.165) is 34.2 Å². The van der Waals surface area contributed by atoms with E-state index >= 15 is 0 Å². The van der Waals surface area contributed by atoms with E-state index in [1.807, 2.05) is 86.6 Å². The zero-order valence-corrected chi connectivity index (χ0v) is 15.8. The van der Waals surface area contributed by atoms with Gasteiger partial charge in [0.15, 0.2) is 11.5 Å². The highest BCUT2D eigenvalue weighted by Crippen LogP contribution is 2.29. The van der Waals surface area contributed by atoms with E-state index in [1.165, 1.54) is 0 Å². The molecule has 0 spiro atoms. The lowest BCUT2D eigenvalue weighted by Crippen LogP contribution is -2.02. The lowest BCUT2D eigenvalue weighted by Gasteiger charge is -2.13. The molecule has 140 valence electrons. The summed E-state index contributed by atoms with van der Waals surface area (Å²) in [6, 6.07) is 23.7. The molecule has 0 unspecified atom stereocenters. The summed E-state index contributed by atoms with van der Waals surface area (Å²) in [5.74, 6) is 3.21. The van der Waals surface area contributed by atoms with Crippen LogP contribution in [0, 0.1) is 0 Å². The van der Waals surface area contributed by atoms with Crippen molar-refractivity contribution in [2.45, 2.75) is 20.4 Å². The van der Waals surface area contributed by atoms with Gasteiger partial charge in [-0.3, -0.25) is 0 Å². The number of rotatable bonds is 9. The quantitative estimate of drug-likeness (QED) is 0.515. The number of para-hydroxylation sites is 1. The van der Waals surface area contributed by atoms with Crippen LogP contribution in [0.3, 0.4) is 0 Å². The van der Waals surface area contributed by atoms with E-state index in [1.54, 1.807) is 0 Å². The minimum Gasteiger partial charge on any atom is -0.490 e. The van der Waals surface area contributed by atoms with Gasteiger partial charge in [-0.05, 0) is 67.9 Å². The second-order valence-electron chi connectivity index (χ2n) is 5.94. The Labute approximate surface area is 160 Å². The van der Waals surface area contributed by atoms with Gasteiger partial charge in [-0.2, -0.15) is 0 Å². The fraction of sp³-hybridized carbons (Fsp3) is 0.217. The van der Waals surface area contributed by atoms with Crippen LogP contribution >= 0.6 is 0 Å². The van der Waals surface area contributed by atoms with Crippen molar-refractivity contribution in [3.63, 3.8) is 0 Å². The SMILES string of the molecule is CCOc1ccc(CNc2ccc(Oc3ccccc3)cc2)cc1OCC. The maximum atomic E-state index is 5.82. The van der Waals surface area contributed by atoms with Gasteiger partial charge in [0.25, 0.3) is 0 Å². The van der Waals surface area contributed by atoms with Crippen molar-refractivity contribution in [1.82, 2.24) is 0 Å². The molecule has 3 aromatic carbocycles. The fourth-order valence-corrected chi connectivity index (χ4v) is 2.68. The van der Waals surface area contributed by atoms with E-state index in [9.17, 15) is 0 Å². The van der Waals surface area contributed by atoms with Crippen LogP contribution in [0.15, 0.2) is 72.8 Å². The summed E-state index contributed by atoms with van der Waals surface area (Å²) < 4.78 is 17.1. The Balaban J connectivity index is 1.60. The summed E-state index contributed by atoms with van der Waals surface area (Å²) in [7, 11) is 0. The molecule has 3 rings (SSSR count). The molecular weight excluding hydrogens is 338 g/mol. The summed E-state index contributed by atoms with van der Waals surface area (Å²) >= 11 is 0. The first-order valence-electron chi connectivity index (χ1n) is 9.24. The molecule has 0 aliphatic carbocycles. The summed E-state index contributed by atoms with van der Waals surface area (Å²) in [5.41, 5.74) is 2.16. The van der Waals surface area contributed by atoms with Crippen LogP contribution in [0.2, 0.25) is 0 Å². The standard InChI is InChI=1S/C23H25NO3/c1-3-25-22-15-10-18(16-23(22)26-4-2)17-24-19-11-13-21(14-12-19)27-20-8-6-5-7-9-20/h5-16,24H,3-4,17H2,1-2H3. The zero-order chi connectivity index (χ0) is 18.9. The van der Waals surface area contributed by atoms with Crippen LogP contribution in [-0.4, -0.2) is 13.2 Å². The van der Waals surface area contributed by atoms with Gasteiger partial charge in [0.05, 0.1) is 13.2 Å². The van der Waals surface area contributed by atoms with E-state index in [0.29, 0.717) is 19.8 Å². The zero-order valence-electron chi connectivity index (χ0n) is 15.8. The van der Waals surface area contributed by atoms with Gasteiger partial charge < -0.3 is 19.5 Å². The average Bonchev–Trinajstić information content (AvgIpc) is 2.70. The Morgan fingerprint density at radius 2 is 1.37 bits per heavy atom. The number of ether oxygens (including phenoxy) is 3. The van der Waals surface area contributed by atoms with Gasteiger partial charge in [-0.15, -0.1) is 0 Å². The van der Waals surface area contributed by atoms with Crippen molar-refractivity contribution in [2.75, 3.05) is 18.5 Å². The first-order valence-corrected chi connectivity index (χ1v) is 9.24. The van der Waals surface area contributed by atoms with Crippen molar-refractivity contribution >= 4 is 5.69 Å². The fourth-order valence-electron chi connectivity index (χ4n) is 2.68. The third kappa shape index (κ3) is 5.42. The first kappa shape index (κ1) is 18.6. The molecule has 27 heavy (non-hydrogen) atoms. The molecule has 4 nitrogen and oxygen atoms in total. The number of benzene rings is 3. The van der Waals surface area contributed by atoms with E-state index < -0.39 is 0 Å². The molecule has 0 amide bonds. The smallest absolute Gasteiger partial charge is 0.161 e. The topological polar surface area (TPSA) is 39.7 Å². The molecule has 0 saturated carbocycles. The molecular formula is C23H25NO3. The Hall–Kier alpha value is -3.14. The number of nitrogens with one attached hydrogen (secondary N) is 1. The summed E-state index contributed by atoms with van der Waals surface area (Å²) in [4.78, 5) is 0. The molecule has 0 aromatic heterocycles. The van der Waals surface area contributed by atoms with Crippen LogP contribution < -0.4 is 19.5 Å². The Morgan fingerprint density at radius 1 is 0.704 bits per heavy atom. The van der Waals surface area contributed by atoms with Crippen molar-refractivity contribution in [2.24, 2.45) is 0 Å². The van der Waals surface area contributed by atoms with Crippen molar-refractivity contribution < 1.29 is 14.2 Å². The minimum absolute atomic E-state index is 0.611. The van der Waals surface area contributed by atoms with Gasteiger partial charge in [0.1, 0.15) is 11.5 Å². The predicted molar refractivity (Wildman–Crippen MR) is 109 cm³/mol. The Bertz CT molecular complexity index is 832. The van der Waals surface area contributed by atoms with E-state index in [4.69, 9.17) is 14.2 Å². The van der Waals surface area contributed by atoms with Crippen molar-refractivity contribution in [3.8, 4) is 23.0 Å². The minimum atomic E-state index is 0.611. The van der Waals surface area contributed by atoms with Crippen LogP contribution in [0.25, 0.3) is 0 Å². The van der Waals surface area contributed by atoms with Crippen LogP contribution in [-0.2, 0) is 6.54 Å². The van der Waals surface area contributed by atoms with Gasteiger partial charge in [-0.25, -0.2) is 0 Å². The second kappa shape index (κ2) is 9.53. The Kier molecular flexibility index (Phi) is 6.58.